The molecule has 15 heavy (non-hydrogen) atoms. The first-order chi connectivity index (χ1) is 6.97. The lowest BCUT2D eigenvalue weighted by Gasteiger charge is -2.14. The first-order valence-electron chi connectivity index (χ1n) is 5.33. The number of hydrogen-bond donors (Lipinski definition) is 0. The van der Waals surface area contributed by atoms with Crippen molar-refractivity contribution in [3.63, 3.8) is 0 Å². The molecule has 0 aliphatic rings. The lowest BCUT2D eigenvalue weighted by Crippen LogP contribution is -2.21. The average molecular weight is 217 g/mol. The van der Waals surface area contributed by atoms with Crippen molar-refractivity contribution >= 4 is 5.97 Å². The predicted molar refractivity (Wildman–Crippen MR) is 55.6 cm³/mol. The Balaban J connectivity index is 4.12. The Hall–Kier alpha value is -1.13. The van der Waals surface area contributed by atoms with Crippen LogP contribution in [0.25, 0.3) is 0 Å². The van der Waals surface area contributed by atoms with Gasteiger partial charge >= 0.3 is 11.1 Å². The predicted octanol–water partition coefficient (Wildman–Crippen LogP) is 2.57. The Bertz CT molecular complexity index is 215. The van der Waals surface area contributed by atoms with Gasteiger partial charge in [0, 0.05) is 5.92 Å². The number of carbonyl (C=O) groups is 1. The van der Waals surface area contributed by atoms with E-state index in [0.717, 1.165) is 12.8 Å². The molecule has 0 N–H and O–H groups in total. The van der Waals surface area contributed by atoms with Gasteiger partial charge in [0.1, 0.15) is 0 Å². The van der Waals surface area contributed by atoms with Crippen LogP contribution in [0, 0.1) is 22.0 Å². The van der Waals surface area contributed by atoms with Gasteiger partial charge in [0.15, 0.2) is 0 Å². The van der Waals surface area contributed by atoms with Gasteiger partial charge in [-0.3, -0.25) is 4.79 Å². The van der Waals surface area contributed by atoms with E-state index < -0.39 is 11.1 Å². The topological polar surface area (TPSA) is 69.4 Å². The van der Waals surface area contributed by atoms with Gasteiger partial charge in [0.2, 0.25) is 0 Å². The van der Waals surface area contributed by atoms with Crippen LogP contribution in [-0.2, 0) is 9.63 Å². The van der Waals surface area contributed by atoms with Crippen LogP contribution in [0.3, 0.4) is 0 Å². The molecule has 1 unspecified atom stereocenters. The second-order valence-corrected chi connectivity index (χ2v) is 4.09. The quantitative estimate of drug-likeness (QED) is 0.485. The van der Waals surface area contributed by atoms with Crippen LogP contribution in [-0.4, -0.2) is 11.1 Å². The molecule has 0 amide bonds. The van der Waals surface area contributed by atoms with Crippen LogP contribution in [0.1, 0.15) is 46.5 Å². The van der Waals surface area contributed by atoms with Gasteiger partial charge in [0.05, 0.1) is 0 Å². The summed E-state index contributed by atoms with van der Waals surface area (Å²) in [7, 11) is 0. The lowest BCUT2D eigenvalue weighted by atomic mass is 9.94. The van der Waals surface area contributed by atoms with Crippen LogP contribution in [0.2, 0.25) is 0 Å². The van der Waals surface area contributed by atoms with Crippen molar-refractivity contribution in [2.45, 2.75) is 46.5 Å². The second kappa shape index (κ2) is 7.20. The van der Waals surface area contributed by atoms with Crippen molar-refractivity contribution in [3.8, 4) is 0 Å². The largest absolute Gasteiger partial charge is 0.306 e. The van der Waals surface area contributed by atoms with E-state index in [0.29, 0.717) is 18.8 Å². The van der Waals surface area contributed by atoms with E-state index >= 15 is 0 Å². The van der Waals surface area contributed by atoms with Crippen LogP contribution < -0.4 is 0 Å². The zero-order chi connectivity index (χ0) is 11.8. The highest BCUT2D eigenvalue weighted by Gasteiger charge is 2.21. The standard InChI is InChI=1S/C10H19NO4/c1-4-5-9(7-6-8(2)3)10(12)15-11(13)14/h8-9H,4-7H2,1-3H3. The lowest BCUT2D eigenvalue weighted by molar-refractivity contribution is -0.730. The highest BCUT2D eigenvalue weighted by molar-refractivity contribution is 5.71. The third-order valence-electron chi connectivity index (χ3n) is 2.23. The zero-order valence-corrected chi connectivity index (χ0v) is 9.56. The van der Waals surface area contributed by atoms with Gasteiger partial charge in [0.25, 0.3) is 0 Å². The Morgan fingerprint density at radius 1 is 1.33 bits per heavy atom. The molecule has 0 rings (SSSR count). The molecular weight excluding hydrogens is 198 g/mol. The normalized spacial score (nSPS) is 12.5. The van der Waals surface area contributed by atoms with Crippen molar-refractivity contribution in [2.24, 2.45) is 11.8 Å². The summed E-state index contributed by atoms with van der Waals surface area (Å²) in [6.07, 6.45) is 3.03. The molecule has 1 atom stereocenters. The summed E-state index contributed by atoms with van der Waals surface area (Å²) in [5.74, 6) is -0.543. The smallest absolute Gasteiger partial charge is 0.268 e. The molecule has 0 aromatic rings. The second-order valence-electron chi connectivity index (χ2n) is 4.09. The molecule has 88 valence electrons. The van der Waals surface area contributed by atoms with E-state index in [1.165, 1.54) is 0 Å². The molecule has 0 heterocycles. The number of hydrogen-bond acceptors (Lipinski definition) is 4. The monoisotopic (exact) mass is 217 g/mol. The molecule has 0 aliphatic carbocycles. The minimum atomic E-state index is -1.03. The Kier molecular flexibility index (Phi) is 6.66. The fraction of sp³-hybridized carbons (Fsp3) is 0.900. The summed E-state index contributed by atoms with van der Waals surface area (Å²) in [5.41, 5.74) is 0. The van der Waals surface area contributed by atoms with E-state index in [9.17, 15) is 14.9 Å². The summed E-state index contributed by atoms with van der Waals surface area (Å²) < 4.78 is 0. The van der Waals surface area contributed by atoms with Gasteiger partial charge in [-0.25, -0.2) is 4.84 Å². The average Bonchev–Trinajstić information content (AvgIpc) is 2.10. The molecular formula is C10H19NO4. The van der Waals surface area contributed by atoms with E-state index in [1.807, 2.05) is 6.92 Å². The number of nitrogens with zero attached hydrogens (tertiary/aromatic N) is 1. The van der Waals surface area contributed by atoms with Crippen LogP contribution in [0.15, 0.2) is 0 Å². The summed E-state index contributed by atoms with van der Waals surface area (Å²) in [6, 6.07) is 0. The molecule has 0 aromatic carbocycles. The maximum Gasteiger partial charge on any atom is 0.306 e. The molecule has 0 bridgehead atoms. The molecule has 0 saturated heterocycles. The third-order valence-corrected chi connectivity index (χ3v) is 2.23. The highest BCUT2D eigenvalue weighted by Crippen LogP contribution is 2.18. The Morgan fingerprint density at radius 2 is 1.93 bits per heavy atom. The first-order valence-corrected chi connectivity index (χ1v) is 5.33. The van der Waals surface area contributed by atoms with Gasteiger partial charge < -0.3 is 0 Å². The molecule has 0 saturated carbocycles. The van der Waals surface area contributed by atoms with Crippen LogP contribution in [0.4, 0.5) is 0 Å². The summed E-state index contributed by atoms with van der Waals surface area (Å²) in [4.78, 5) is 25.3. The minimum absolute atomic E-state index is 0.331. The summed E-state index contributed by atoms with van der Waals surface area (Å²) in [6.45, 7) is 6.06. The third kappa shape index (κ3) is 6.88. The van der Waals surface area contributed by atoms with E-state index in [2.05, 4.69) is 18.7 Å². The fourth-order valence-corrected chi connectivity index (χ4v) is 1.41. The number of carbonyl (C=O) groups excluding carboxylic acids is 1. The van der Waals surface area contributed by atoms with Gasteiger partial charge in [-0.1, -0.05) is 33.6 Å². The molecule has 0 radical (unpaired) electrons. The van der Waals surface area contributed by atoms with Crippen molar-refractivity contribution in [1.29, 1.82) is 0 Å². The molecule has 0 spiro atoms. The van der Waals surface area contributed by atoms with E-state index in [-0.39, 0.29) is 5.92 Å². The zero-order valence-electron chi connectivity index (χ0n) is 9.56. The molecule has 5 heteroatoms. The molecule has 5 nitrogen and oxygen atoms in total. The Labute approximate surface area is 89.9 Å². The first kappa shape index (κ1) is 13.9. The molecule has 0 aromatic heterocycles. The maximum absolute atomic E-state index is 11.3. The molecule has 0 fully saturated rings. The molecule has 0 aliphatic heterocycles. The highest BCUT2D eigenvalue weighted by atomic mass is 17.0. The van der Waals surface area contributed by atoms with Crippen molar-refractivity contribution < 1.29 is 14.7 Å². The van der Waals surface area contributed by atoms with Gasteiger partial charge in [-0.15, -0.1) is 10.1 Å². The summed E-state index contributed by atoms with van der Waals surface area (Å²) in [5, 5.41) is 8.99. The van der Waals surface area contributed by atoms with Crippen LogP contribution >= 0.6 is 0 Å². The SMILES string of the molecule is CCCC(CCC(C)C)C(=O)O[N+](=O)[O-]. The minimum Gasteiger partial charge on any atom is -0.268 e. The van der Waals surface area contributed by atoms with Gasteiger partial charge in [-0.2, -0.15) is 0 Å². The summed E-state index contributed by atoms with van der Waals surface area (Å²) >= 11 is 0. The number of rotatable bonds is 7. The van der Waals surface area contributed by atoms with Gasteiger partial charge in [-0.05, 0) is 18.8 Å². The van der Waals surface area contributed by atoms with E-state index in [4.69, 9.17) is 0 Å². The van der Waals surface area contributed by atoms with Crippen molar-refractivity contribution in [2.75, 3.05) is 0 Å². The van der Waals surface area contributed by atoms with E-state index in [1.54, 1.807) is 0 Å². The van der Waals surface area contributed by atoms with Crippen molar-refractivity contribution in [3.05, 3.63) is 10.1 Å². The Morgan fingerprint density at radius 3 is 2.33 bits per heavy atom. The fourth-order valence-electron chi connectivity index (χ4n) is 1.41. The maximum atomic E-state index is 11.3. The van der Waals surface area contributed by atoms with Crippen molar-refractivity contribution in [1.82, 2.24) is 0 Å². The van der Waals surface area contributed by atoms with Crippen LogP contribution in [0.5, 0.6) is 0 Å².